The van der Waals surface area contributed by atoms with E-state index in [9.17, 15) is 0 Å². The lowest BCUT2D eigenvalue weighted by atomic mass is 10.2. The Hall–Kier alpha value is -1.31. The van der Waals surface area contributed by atoms with E-state index in [1.165, 1.54) is 0 Å². The quantitative estimate of drug-likeness (QED) is 0.574. The zero-order valence-electron chi connectivity index (χ0n) is 9.03. The van der Waals surface area contributed by atoms with Crippen LogP contribution in [0.15, 0.2) is 47.5 Å². The fraction of sp³-hybridized carbons (Fsp3) is 0.0714. The predicted molar refractivity (Wildman–Crippen MR) is 73.0 cm³/mol. The number of aliphatic imine (C=N–C) groups is 1. The van der Waals surface area contributed by atoms with Gasteiger partial charge >= 0.3 is 0 Å². The van der Waals surface area contributed by atoms with Gasteiger partial charge in [0.1, 0.15) is 0 Å². The zero-order valence-corrected chi connectivity index (χ0v) is 10.5. The molecule has 1 nitrogen and oxygen atoms in total. The first-order chi connectivity index (χ1) is 8.24. The number of halogens is 2. The lowest BCUT2D eigenvalue weighted by Gasteiger charge is -2.02. The number of hydrogen-bond donors (Lipinski definition) is 0. The molecule has 0 atom stereocenters. The summed E-state index contributed by atoms with van der Waals surface area (Å²) in [6, 6.07) is 16.1. The van der Waals surface area contributed by atoms with E-state index in [-0.39, 0.29) is 0 Å². The van der Waals surface area contributed by atoms with E-state index in [0.29, 0.717) is 11.6 Å². The van der Waals surface area contributed by atoms with Gasteiger partial charge in [-0.25, -0.2) is 0 Å². The first-order valence-electron chi connectivity index (χ1n) is 5.15. The van der Waals surface area contributed by atoms with Gasteiger partial charge in [-0.2, -0.15) is 0 Å². The van der Waals surface area contributed by atoms with Crippen molar-refractivity contribution in [3.63, 3.8) is 0 Å². The third kappa shape index (κ3) is 3.88. The minimum Gasteiger partial charge on any atom is -0.336 e. The van der Waals surface area contributed by atoms with Gasteiger partial charge < -0.3 is 4.99 Å². The van der Waals surface area contributed by atoms with Gasteiger partial charge in [-0.3, -0.25) is 0 Å². The number of rotatable bonds is 3. The maximum atomic E-state index is 5.80. The normalized spacial score (nSPS) is 10.9. The maximum Gasteiger partial charge on any atom is 0.0532 e. The van der Waals surface area contributed by atoms with Gasteiger partial charge in [0.15, 0.2) is 0 Å². The molecular weight excluding hydrogens is 253 g/mol. The van der Waals surface area contributed by atoms with Crippen molar-refractivity contribution >= 4 is 29.4 Å². The highest BCUT2D eigenvalue weighted by molar-refractivity contribution is 6.30. The maximum absolute atomic E-state index is 5.80. The van der Waals surface area contributed by atoms with E-state index in [4.69, 9.17) is 23.2 Å². The Kier molecular flexibility index (Phi) is 4.18. The second-order valence-corrected chi connectivity index (χ2v) is 4.43. The summed E-state index contributed by atoms with van der Waals surface area (Å²) in [6.45, 7) is 0.633. The second kappa shape index (κ2) is 5.85. The Bertz CT molecular complexity index is 501. The molecule has 0 amide bonds. The molecule has 0 aromatic heterocycles. The molecule has 17 heavy (non-hydrogen) atoms. The minimum atomic E-state index is 0.633. The highest BCUT2D eigenvalue weighted by atomic mass is 35.5. The van der Waals surface area contributed by atoms with Gasteiger partial charge in [-0.1, -0.05) is 29.9 Å². The molecule has 0 aliphatic rings. The molecule has 2 aromatic rings. The molecule has 0 radical (unpaired) electrons. The summed E-state index contributed by atoms with van der Waals surface area (Å²) in [4.78, 5) is 4.33. The molecule has 0 saturated heterocycles. The van der Waals surface area contributed by atoms with Gasteiger partial charge in [0.05, 0.1) is 6.54 Å². The first kappa shape index (κ1) is 12.2. The lowest BCUT2D eigenvalue weighted by molar-refractivity contribution is 1.08. The van der Waals surface area contributed by atoms with Crippen LogP contribution >= 0.6 is 23.2 Å². The van der Waals surface area contributed by atoms with Crippen molar-refractivity contribution in [3.05, 3.63) is 69.7 Å². The van der Waals surface area contributed by atoms with Gasteiger partial charge in [0.2, 0.25) is 0 Å². The SMILES string of the molecule is Clc1c[c-]c(C=NCc2ccc(Cl)cc2)cc1. The van der Waals surface area contributed by atoms with Gasteiger partial charge in [-0.05, 0) is 22.7 Å². The third-order valence-corrected chi connectivity index (χ3v) is 2.70. The molecule has 0 saturated carbocycles. The number of hydrogen-bond acceptors (Lipinski definition) is 1. The fourth-order valence-electron chi connectivity index (χ4n) is 1.34. The van der Waals surface area contributed by atoms with E-state index in [0.717, 1.165) is 16.1 Å². The molecule has 0 unspecified atom stereocenters. The Morgan fingerprint density at radius 2 is 1.71 bits per heavy atom. The van der Waals surface area contributed by atoms with Crippen molar-refractivity contribution in [3.8, 4) is 0 Å². The van der Waals surface area contributed by atoms with Crippen LogP contribution in [0.3, 0.4) is 0 Å². The lowest BCUT2D eigenvalue weighted by Crippen LogP contribution is -1.84. The smallest absolute Gasteiger partial charge is 0.0532 e. The molecule has 2 rings (SSSR count). The molecule has 0 heterocycles. The summed E-state index contributed by atoms with van der Waals surface area (Å²) < 4.78 is 0. The van der Waals surface area contributed by atoms with Crippen LogP contribution in [0.5, 0.6) is 0 Å². The molecule has 0 fully saturated rings. The Balaban J connectivity index is 1.97. The number of nitrogens with zero attached hydrogens (tertiary/aromatic N) is 1. The fourth-order valence-corrected chi connectivity index (χ4v) is 1.58. The molecule has 0 spiro atoms. The predicted octanol–water partition coefficient (Wildman–Crippen LogP) is 4.41. The van der Waals surface area contributed by atoms with E-state index >= 15 is 0 Å². The van der Waals surface area contributed by atoms with Crippen molar-refractivity contribution in [2.45, 2.75) is 6.54 Å². The third-order valence-electron chi connectivity index (χ3n) is 2.22. The molecule has 0 bridgehead atoms. The van der Waals surface area contributed by atoms with Crippen LogP contribution in [0.1, 0.15) is 11.1 Å². The zero-order chi connectivity index (χ0) is 12.1. The second-order valence-electron chi connectivity index (χ2n) is 3.56. The largest absolute Gasteiger partial charge is 0.336 e. The van der Waals surface area contributed by atoms with Crippen LogP contribution in [0.4, 0.5) is 0 Å². The Morgan fingerprint density at radius 1 is 1.00 bits per heavy atom. The Morgan fingerprint density at radius 3 is 2.35 bits per heavy atom. The highest BCUT2D eigenvalue weighted by Gasteiger charge is 1.89. The Labute approximate surface area is 111 Å². The van der Waals surface area contributed by atoms with Crippen molar-refractivity contribution in [1.29, 1.82) is 0 Å². The van der Waals surface area contributed by atoms with E-state index in [2.05, 4.69) is 11.1 Å². The average molecular weight is 263 g/mol. The molecule has 2 aromatic carbocycles. The van der Waals surface area contributed by atoms with Gasteiger partial charge in [-0.15, -0.1) is 41.4 Å². The van der Waals surface area contributed by atoms with E-state index in [1.807, 2.05) is 36.4 Å². The minimum absolute atomic E-state index is 0.633. The summed E-state index contributed by atoms with van der Waals surface area (Å²) >= 11 is 11.6. The van der Waals surface area contributed by atoms with Gasteiger partial charge in [0.25, 0.3) is 0 Å². The molecule has 86 valence electrons. The van der Waals surface area contributed by atoms with Crippen LogP contribution in [0.2, 0.25) is 10.0 Å². The average Bonchev–Trinajstić information content (AvgIpc) is 2.34. The van der Waals surface area contributed by atoms with Crippen molar-refractivity contribution in [1.82, 2.24) is 0 Å². The van der Waals surface area contributed by atoms with Crippen molar-refractivity contribution in [2.75, 3.05) is 0 Å². The summed E-state index contributed by atoms with van der Waals surface area (Å²) in [5.41, 5.74) is 2.04. The monoisotopic (exact) mass is 262 g/mol. The van der Waals surface area contributed by atoms with Gasteiger partial charge in [0, 0.05) is 5.02 Å². The van der Waals surface area contributed by atoms with Crippen molar-refractivity contribution < 1.29 is 0 Å². The molecule has 3 heteroatoms. The van der Waals surface area contributed by atoms with Crippen LogP contribution in [0, 0.1) is 6.07 Å². The molecular formula is C14H10Cl2N-. The summed E-state index contributed by atoms with van der Waals surface area (Å²) in [5, 5.41) is 1.42. The highest BCUT2D eigenvalue weighted by Crippen LogP contribution is 2.10. The van der Waals surface area contributed by atoms with E-state index < -0.39 is 0 Å². The standard InChI is InChI=1S/C14H10Cl2N/c15-13-5-1-11(2-6-13)9-17-10-12-3-7-14(16)8-4-12/h1-3,5-8,10H,9H2/q-1. The first-order valence-corrected chi connectivity index (χ1v) is 5.91. The van der Waals surface area contributed by atoms with E-state index in [1.54, 1.807) is 12.3 Å². The summed E-state index contributed by atoms with van der Waals surface area (Å²) in [5.74, 6) is 0. The topological polar surface area (TPSA) is 12.4 Å². The van der Waals surface area contributed by atoms with Crippen LogP contribution < -0.4 is 0 Å². The van der Waals surface area contributed by atoms with Crippen LogP contribution in [-0.2, 0) is 6.54 Å². The molecule has 0 aliphatic carbocycles. The molecule has 0 aliphatic heterocycles. The van der Waals surface area contributed by atoms with Crippen LogP contribution in [-0.4, -0.2) is 6.21 Å². The molecule has 0 N–H and O–H groups in total. The number of benzene rings is 2. The summed E-state index contributed by atoms with van der Waals surface area (Å²) in [6.07, 6.45) is 1.78. The van der Waals surface area contributed by atoms with Crippen LogP contribution in [0.25, 0.3) is 0 Å². The van der Waals surface area contributed by atoms with Crippen molar-refractivity contribution in [2.24, 2.45) is 4.99 Å². The summed E-state index contributed by atoms with van der Waals surface area (Å²) in [7, 11) is 0.